The van der Waals surface area contributed by atoms with Gasteiger partial charge < -0.3 is 10.2 Å². The van der Waals surface area contributed by atoms with E-state index in [-0.39, 0.29) is 17.7 Å². The summed E-state index contributed by atoms with van der Waals surface area (Å²) in [7, 11) is 0. The van der Waals surface area contributed by atoms with Crippen LogP contribution >= 0.6 is 0 Å². The normalized spacial score (nSPS) is 15.0. The summed E-state index contributed by atoms with van der Waals surface area (Å²) in [5, 5.41) is 2.93. The van der Waals surface area contributed by atoms with Crippen LogP contribution in [0.5, 0.6) is 0 Å². The average molecular weight is 373 g/mol. The molecular formula is C21H25F2N3O. The van der Waals surface area contributed by atoms with Crippen molar-refractivity contribution in [1.29, 1.82) is 0 Å². The van der Waals surface area contributed by atoms with Gasteiger partial charge in [-0.1, -0.05) is 24.3 Å². The van der Waals surface area contributed by atoms with Crippen LogP contribution in [0.2, 0.25) is 0 Å². The molecule has 0 aliphatic carbocycles. The van der Waals surface area contributed by atoms with Crippen molar-refractivity contribution in [1.82, 2.24) is 15.1 Å². The Bertz CT molecular complexity index is 726. The number of nitrogens with one attached hydrogen (secondary N) is 1. The van der Waals surface area contributed by atoms with Crippen LogP contribution in [0.1, 0.15) is 11.1 Å². The summed E-state index contributed by atoms with van der Waals surface area (Å²) >= 11 is 0. The highest BCUT2D eigenvalue weighted by atomic mass is 19.1. The van der Waals surface area contributed by atoms with Crippen LogP contribution in [0.25, 0.3) is 0 Å². The number of urea groups is 1. The Hall–Kier alpha value is -2.47. The molecule has 4 nitrogen and oxygen atoms in total. The standard InChI is InChI=1S/C21H25F2N3O/c22-19-5-1-17(2-6-19)9-11-24-21(27)26-15-13-25(14-16-26)12-10-18-3-7-20(23)8-4-18/h1-8H,9-16H2,(H,24,27). The number of piperazine rings is 1. The molecule has 0 saturated carbocycles. The number of carbonyl (C=O) groups is 1. The van der Waals surface area contributed by atoms with Gasteiger partial charge in [0.1, 0.15) is 11.6 Å². The first kappa shape index (κ1) is 19.3. The zero-order valence-electron chi connectivity index (χ0n) is 15.3. The first-order valence-electron chi connectivity index (χ1n) is 9.34. The van der Waals surface area contributed by atoms with Crippen LogP contribution in [-0.2, 0) is 12.8 Å². The fraction of sp³-hybridized carbons (Fsp3) is 0.381. The zero-order valence-corrected chi connectivity index (χ0v) is 15.3. The monoisotopic (exact) mass is 373 g/mol. The fourth-order valence-electron chi connectivity index (χ4n) is 3.19. The van der Waals surface area contributed by atoms with Crippen LogP contribution in [-0.4, -0.2) is 55.1 Å². The van der Waals surface area contributed by atoms with Gasteiger partial charge in [0.05, 0.1) is 0 Å². The molecule has 1 saturated heterocycles. The number of rotatable bonds is 6. The quantitative estimate of drug-likeness (QED) is 0.845. The first-order chi connectivity index (χ1) is 13.1. The Balaban J connectivity index is 1.33. The smallest absolute Gasteiger partial charge is 0.317 e. The summed E-state index contributed by atoms with van der Waals surface area (Å²) in [6.07, 6.45) is 1.56. The Kier molecular flexibility index (Phi) is 6.76. The molecule has 6 heteroatoms. The van der Waals surface area contributed by atoms with E-state index in [0.717, 1.165) is 37.2 Å². The summed E-state index contributed by atoms with van der Waals surface area (Å²) < 4.78 is 25.8. The van der Waals surface area contributed by atoms with Gasteiger partial charge in [-0.2, -0.15) is 0 Å². The summed E-state index contributed by atoms with van der Waals surface area (Å²) in [4.78, 5) is 16.4. The third kappa shape index (κ3) is 6.03. The van der Waals surface area contributed by atoms with Crippen molar-refractivity contribution in [2.45, 2.75) is 12.8 Å². The van der Waals surface area contributed by atoms with Crippen LogP contribution < -0.4 is 5.32 Å². The van der Waals surface area contributed by atoms with E-state index in [1.165, 1.54) is 24.3 Å². The zero-order chi connectivity index (χ0) is 19.1. The lowest BCUT2D eigenvalue weighted by Crippen LogP contribution is -2.52. The van der Waals surface area contributed by atoms with Gasteiger partial charge in [0.2, 0.25) is 0 Å². The number of halogens is 2. The molecule has 1 aliphatic heterocycles. The molecule has 27 heavy (non-hydrogen) atoms. The van der Waals surface area contributed by atoms with Crippen molar-refractivity contribution in [2.24, 2.45) is 0 Å². The van der Waals surface area contributed by atoms with Crippen molar-refractivity contribution >= 4 is 6.03 Å². The maximum absolute atomic E-state index is 12.9. The van der Waals surface area contributed by atoms with Crippen LogP contribution in [0.4, 0.5) is 13.6 Å². The Morgan fingerprint density at radius 3 is 1.89 bits per heavy atom. The molecule has 0 spiro atoms. The van der Waals surface area contributed by atoms with Crippen molar-refractivity contribution in [2.75, 3.05) is 39.3 Å². The molecule has 1 heterocycles. The van der Waals surface area contributed by atoms with E-state index in [9.17, 15) is 13.6 Å². The third-order valence-corrected chi connectivity index (χ3v) is 4.89. The molecule has 144 valence electrons. The predicted octanol–water partition coefficient (Wildman–Crippen LogP) is 3.08. The van der Waals surface area contributed by atoms with Crippen molar-refractivity contribution in [3.8, 4) is 0 Å². The van der Waals surface area contributed by atoms with Crippen LogP contribution in [0, 0.1) is 11.6 Å². The largest absolute Gasteiger partial charge is 0.338 e. The van der Waals surface area contributed by atoms with Crippen molar-refractivity contribution in [3.63, 3.8) is 0 Å². The molecule has 0 aromatic heterocycles. The second-order valence-electron chi connectivity index (χ2n) is 6.81. The van der Waals surface area contributed by atoms with Crippen LogP contribution in [0.3, 0.4) is 0 Å². The highest BCUT2D eigenvalue weighted by Crippen LogP contribution is 2.08. The second-order valence-corrected chi connectivity index (χ2v) is 6.81. The number of carbonyl (C=O) groups excluding carboxylic acids is 1. The summed E-state index contributed by atoms with van der Waals surface area (Å²) in [5.74, 6) is -0.460. The molecule has 0 atom stereocenters. The highest BCUT2D eigenvalue weighted by molar-refractivity contribution is 5.74. The first-order valence-corrected chi connectivity index (χ1v) is 9.34. The molecule has 0 unspecified atom stereocenters. The number of amides is 2. The van der Waals surface area contributed by atoms with E-state index >= 15 is 0 Å². The molecule has 1 fully saturated rings. The molecule has 3 rings (SSSR count). The van der Waals surface area contributed by atoms with E-state index < -0.39 is 0 Å². The highest BCUT2D eigenvalue weighted by Gasteiger charge is 2.20. The van der Waals surface area contributed by atoms with Crippen LogP contribution in [0.15, 0.2) is 48.5 Å². The Morgan fingerprint density at radius 2 is 1.33 bits per heavy atom. The summed E-state index contributed by atoms with van der Waals surface area (Å²) in [6, 6.07) is 12.9. The van der Waals surface area contributed by atoms with E-state index in [4.69, 9.17) is 0 Å². The SMILES string of the molecule is O=C(NCCc1ccc(F)cc1)N1CCN(CCc2ccc(F)cc2)CC1. The van der Waals surface area contributed by atoms with Gasteiger partial charge in [0, 0.05) is 39.3 Å². The van der Waals surface area contributed by atoms with Gasteiger partial charge in [0.15, 0.2) is 0 Å². The number of benzene rings is 2. The minimum atomic E-state index is -0.250. The van der Waals surface area contributed by atoms with Gasteiger partial charge in [-0.15, -0.1) is 0 Å². The number of hydrogen-bond donors (Lipinski definition) is 1. The fourth-order valence-corrected chi connectivity index (χ4v) is 3.19. The van der Waals surface area contributed by atoms with Gasteiger partial charge in [-0.25, -0.2) is 13.6 Å². The Morgan fingerprint density at radius 1 is 0.815 bits per heavy atom. The van der Waals surface area contributed by atoms with Crippen molar-refractivity contribution < 1.29 is 13.6 Å². The lowest BCUT2D eigenvalue weighted by molar-refractivity contribution is 0.140. The molecular weight excluding hydrogens is 348 g/mol. The molecule has 0 radical (unpaired) electrons. The molecule has 0 bridgehead atoms. The van der Waals surface area contributed by atoms with E-state index in [1.807, 2.05) is 17.0 Å². The van der Waals surface area contributed by atoms with E-state index in [2.05, 4.69) is 10.2 Å². The van der Waals surface area contributed by atoms with E-state index in [0.29, 0.717) is 26.1 Å². The van der Waals surface area contributed by atoms with Gasteiger partial charge in [0.25, 0.3) is 0 Å². The second kappa shape index (κ2) is 9.46. The predicted molar refractivity (Wildman–Crippen MR) is 102 cm³/mol. The Labute approximate surface area is 158 Å². The lowest BCUT2D eigenvalue weighted by atomic mass is 10.1. The topological polar surface area (TPSA) is 35.6 Å². The van der Waals surface area contributed by atoms with Gasteiger partial charge >= 0.3 is 6.03 Å². The van der Waals surface area contributed by atoms with Crippen molar-refractivity contribution in [3.05, 3.63) is 71.3 Å². The lowest BCUT2D eigenvalue weighted by Gasteiger charge is -2.34. The summed E-state index contributed by atoms with van der Waals surface area (Å²) in [6.45, 7) is 4.53. The third-order valence-electron chi connectivity index (χ3n) is 4.89. The molecule has 2 aromatic carbocycles. The minimum Gasteiger partial charge on any atom is -0.338 e. The molecule has 2 amide bonds. The molecule has 1 aliphatic rings. The molecule has 2 aromatic rings. The van der Waals surface area contributed by atoms with Gasteiger partial charge in [-0.3, -0.25) is 4.90 Å². The number of nitrogens with zero attached hydrogens (tertiary/aromatic N) is 2. The summed E-state index contributed by atoms with van der Waals surface area (Å²) in [5.41, 5.74) is 2.12. The maximum Gasteiger partial charge on any atom is 0.317 e. The minimum absolute atomic E-state index is 0.0460. The maximum atomic E-state index is 12.9. The average Bonchev–Trinajstić information content (AvgIpc) is 2.69. The van der Waals surface area contributed by atoms with Gasteiger partial charge in [-0.05, 0) is 48.2 Å². The molecule has 1 N–H and O–H groups in total. The van der Waals surface area contributed by atoms with E-state index in [1.54, 1.807) is 12.1 Å². The number of hydrogen-bond acceptors (Lipinski definition) is 2.